The molecule has 0 atom stereocenters. The van der Waals surface area contributed by atoms with E-state index in [0.29, 0.717) is 0 Å². The number of aromatic nitrogens is 1. The maximum absolute atomic E-state index is 12.0. The van der Waals surface area contributed by atoms with E-state index in [9.17, 15) is 19.2 Å². The Morgan fingerprint density at radius 3 is 2.46 bits per heavy atom. The summed E-state index contributed by atoms with van der Waals surface area (Å²) >= 11 is 5.62. The van der Waals surface area contributed by atoms with Crippen LogP contribution in [0.2, 0.25) is 5.15 Å². The van der Waals surface area contributed by atoms with Crippen molar-refractivity contribution in [3.8, 4) is 0 Å². The predicted molar refractivity (Wildman–Crippen MR) is 96.1 cm³/mol. The number of aryl methyl sites for hydroxylation is 1. The number of primary amides is 1. The predicted octanol–water partition coefficient (Wildman–Crippen LogP) is 1.71. The third-order valence-electron chi connectivity index (χ3n) is 3.36. The Bertz CT molecular complexity index is 922. The van der Waals surface area contributed by atoms with Crippen molar-refractivity contribution in [2.75, 3.05) is 18.5 Å². The van der Waals surface area contributed by atoms with Gasteiger partial charge in [-0.2, -0.15) is 0 Å². The molecule has 28 heavy (non-hydrogen) atoms. The maximum Gasteiger partial charge on any atom is 0.342 e. The Morgan fingerprint density at radius 1 is 1.18 bits per heavy atom. The zero-order valence-electron chi connectivity index (χ0n) is 14.9. The number of rotatable bonds is 7. The van der Waals surface area contributed by atoms with E-state index in [2.05, 4.69) is 10.3 Å². The molecule has 0 radical (unpaired) electrons. The van der Waals surface area contributed by atoms with Crippen LogP contribution in [0.4, 0.5) is 5.88 Å². The van der Waals surface area contributed by atoms with E-state index in [1.807, 2.05) is 0 Å². The molecule has 11 heteroatoms. The Balaban J connectivity index is 2.10. The highest BCUT2D eigenvalue weighted by molar-refractivity contribution is 6.29. The van der Waals surface area contributed by atoms with E-state index < -0.39 is 30.4 Å². The number of esters is 2. The fraction of sp³-hybridized carbons (Fsp3) is 0.235. The van der Waals surface area contributed by atoms with Crippen LogP contribution in [-0.2, 0) is 14.3 Å². The van der Waals surface area contributed by atoms with Gasteiger partial charge in [0.25, 0.3) is 11.8 Å². The highest BCUT2D eigenvalue weighted by atomic mass is 35.5. The van der Waals surface area contributed by atoms with E-state index >= 15 is 0 Å². The molecule has 0 aliphatic rings. The van der Waals surface area contributed by atoms with Gasteiger partial charge in [0.1, 0.15) is 22.0 Å². The van der Waals surface area contributed by atoms with Crippen LogP contribution in [0.3, 0.4) is 0 Å². The molecule has 0 unspecified atom stereocenters. The van der Waals surface area contributed by atoms with Crippen LogP contribution in [0.5, 0.6) is 0 Å². The van der Waals surface area contributed by atoms with Gasteiger partial charge in [0.15, 0.2) is 6.61 Å². The quantitative estimate of drug-likeness (QED) is 0.518. The fourth-order valence-electron chi connectivity index (χ4n) is 2.19. The summed E-state index contributed by atoms with van der Waals surface area (Å²) in [6.07, 6.45) is 1.19. The summed E-state index contributed by atoms with van der Waals surface area (Å²) < 4.78 is 14.9. The lowest BCUT2D eigenvalue weighted by Gasteiger charge is -2.06. The monoisotopic (exact) mass is 409 g/mol. The fourth-order valence-corrected chi connectivity index (χ4v) is 2.30. The van der Waals surface area contributed by atoms with Crippen molar-refractivity contribution >= 4 is 41.2 Å². The van der Waals surface area contributed by atoms with Gasteiger partial charge in [-0.05, 0) is 26.0 Å². The van der Waals surface area contributed by atoms with Crippen LogP contribution in [0, 0.1) is 6.92 Å². The maximum atomic E-state index is 12.0. The van der Waals surface area contributed by atoms with Crippen molar-refractivity contribution in [2.24, 2.45) is 5.73 Å². The summed E-state index contributed by atoms with van der Waals surface area (Å²) in [4.78, 5) is 51.4. The van der Waals surface area contributed by atoms with Gasteiger partial charge in [-0.3, -0.25) is 14.9 Å². The van der Waals surface area contributed by atoms with Crippen LogP contribution in [0.15, 0.2) is 22.7 Å². The van der Waals surface area contributed by atoms with Crippen molar-refractivity contribution in [1.82, 2.24) is 4.98 Å². The number of hydrogen-bond donors (Lipinski definition) is 2. The lowest BCUT2D eigenvalue weighted by Crippen LogP contribution is -2.23. The second kappa shape index (κ2) is 9.00. The van der Waals surface area contributed by atoms with Gasteiger partial charge >= 0.3 is 11.9 Å². The van der Waals surface area contributed by atoms with Gasteiger partial charge in [0.05, 0.1) is 12.2 Å². The molecule has 10 nitrogen and oxygen atoms in total. The van der Waals surface area contributed by atoms with Crippen molar-refractivity contribution in [3.63, 3.8) is 0 Å². The molecule has 3 N–H and O–H groups in total. The third-order valence-corrected chi connectivity index (χ3v) is 3.58. The largest absolute Gasteiger partial charge is 0.462 e. The highest BCUT2D eigenvalue weighted by Gasteiger charge is 2.29. The molecule has 2 aromatic rings. The number of pyridine rings is 1. The van der Waals surface area contributed by atoms with Gasteiger partial charge < -0.3 is 19.6 Å². The molecule has 0 saturated carbocycles. The first-order valence-corrected chi connectivity index (χ1v) is 8.31. The molecule has 2 heterocycles. The molecule has 0 bridgehead atoms. The first kappa shape index (κ1) is 20.9. The van der Waals surface area contributed by atoms with Crippen LogP contribution >= 0.6 is 11.6 Å². The third kappa shape index (κ3) is 4.86. The van der Waals surface area contributed by atoms with Crippen LogP contribution in [0.25, 0.3) is 0 Å². The Kier molecular flexibility index (Phi) is 6.72. The smallest absolute Gasteiger partial charge is 0.342 e. The summed E-state index contributed by atoms with van der Waals surface area (Å²) in [7, 11) is 0. The molecule has 0 saturated heterocycles. The second-order valence-electron chi connectivity index (χ2n) is 5.32. The Labute approximate surface area is 163 Å². The number of hydrogen-bond acceptors (Lipinski definition) is 8. The molecule has 148 valence electrons. The number of amides is 2. The number of ether oxygens (including phenoxy) is 2. The van der Waals surface area contributed by atoms with E-state index in [-0.39, 0.29) is 40.1 Å². The Morgan fingerprint density at radius 2 is 1.89 bits per heavy atom. The zero-order valence-corrected chi connectivity index (χ0v) is 15.7. The summed E-state index contributed by atoms with van der Waals surface area (Å²) in [5, 5.41) is 2.43. The van der Waals surface area contributed by atoms with Gasteiger partial charge in [-0.25, -0.2) is 14.6 Å². The number of carbonyl (C=O) groups excluding carboxylic acids is 4. The summed E-state index contributed by atoms with van der Waals surface area (Å²) in [6, 6.07) is 2.77. The molecule has 0 fully saturated rings. The van der Waals surface area contributed by atoms with E-state index in [1.54, 1.807) is 6.92 Å². The SMILES string of the molecule is CCOC(=O)c1c(C)oc(NC(=O)COC(=O)c2ccc(Cl)nc2)c1C(N)=O. The number of anilines is 1. The molecular weight excluding hydrogens is 394 g/mol. The lowest BCUT2D eigenvalue weighted by molar-refractivity contribution is -0.119. The number of carbonyl (C=O) groups is 4. The average Bonchev–Trinajstić information content (AvgIpc) is 2.96. The van der Waals surface area contributed by atoms with Crippen molar-refractivity contribution in [3.05, 3.63) is 45.9 Å². The molecule has 0 spiro atoms. The minimum atomic E-state index is -1.00. The van der Waals surface area contributed by atoms with Crippen molar-refractivity contribution < 1.29 is 33.1 Å². The molecule has 0 aliphatic carbocycles. The van der Waals surface area contributed by atoms with Crippen LogP contribution < -0.4 is 11.1 Å². The first-order valence-electron chi connectivity index (χ1n) is 7.93. The summed E-state index contributed by atoms with van der Waals surface area (Å²) in [6.45, 7) is 2.37. The molecule has 0 aromatic carbocycles. The van der Waals surface area contributed by atoms with Crippen LogP contribution in [0.1, 0.15) is 43.8 Å². The van der Waals surface area contributed by atoms with Gasteiger partial charge in [0.2, 0.25) is 5.88 Å². The summed E-state index contributed by atoms with van der Waals surface area (Å²) in [5.41, 5.74) is 4.86. The first-order chi connectivity index (χ1) is 13.2. The number of halogens is 1. The standard InChI is InChI=1S/C17H16ClN3O7/c1-3-26-17(25)12-8(2)28-15(13(12)14(19)23)21-11(22)7-27-16(24)9-4-5-10(18)20-6-9/h4-6H,3,7H2,1-2H3,(H2,19,23)(H,21,22). The number of nitrogens with zero attached hydrogens (tertiary/aromatic N) is 1. The van der Waals surface area contributed by atoms with Gasteiger partial charge in [-0.15, -0.1) is 0 Å². The molecule has 2 amide bonds. The van der Waals surface area contributed by atoms with Gasteiger partial charge in [-0.1, -0.05) is 11.6 Å². The summed E-state index contributed by atoms with van der Waals surface area (Å²) in [5.74, 6) is -3.76. The lowest BCUT2D eigenvalue weighted by atomic mass is 10.1. The van der Waals surface area contributed by atoms with Crippen LogP contribution in [-0.4, -0.2) is 42.0 Å². The number of nitrogens with two attached hydrogens (primary N) is 1. The van der Waals surface area contributed by atoms with E-state index in [1.165, 1.54) is 25.3 Å². The van der Waals surface area contributed by atoms with E-state index in [4.69, 9.17) is 31.2 Å². The number of furan rings is 1. The average molecular weight is 410 g/mol. The van der Waals surface area contributed by atoms with Crippen molar-refractivity contribution in [2.45, 2.75) is 13.8 Å². The van der Waals surface area contributed by atoms with Gasteiger partial charge in [0, 0.05) is 6.20 Å². The zero-order chi connectivity index (χ0) is 20.8. The number of nitrogens with one attached hydrogen (secondary N) is 1. The molecule has 2 aromatic heterocycles. The minimum absolute atomic E-state index is 0.0341. The second-order valence-corrected chi connectivity index (χ2v) is 5.70. The molecule has 0 aliphatic heterocycles. The normalized spacial score (nSPS) is 10.2. The van der Waals surface area contributed by atoms with Crippen molar-refractivity contribution in [1.29, 1.82) is 0 Å². The molecule has 2 rings (SSSR count). The van der Waals surface area contributed by atoms with E-state index in [0.717, 1.165) is 0 Å². The topological polar surface area (TPSA) is 151 Å². The molecular formula is C17H16ClN3O7. The minimum Gasteiger partial charge on any atom is -0.462 e. The Hall–Kier alpha value is -3.40. The highest BCUT2D eigenvalue weighted by Crippen LogP contribution is 2.27.